The maximum atomic E-state index is 14.5. The van der Waals surface area contributed by atoms with Gasteiger partial charge in [-0.25, -0.2) is 0 Å². The number of hydrogen-bond donors (Lipinski definition) is 0. The molecule has 2 aromatic rings. The molecule has 6 saturated carbocycles. The van der Waals surface area contributed by atoms with Gasteiger partial charge < -0.3 is 9.80 Å². The maximum Gasteiger partial charge on any atom is 0.230 e. The van der Waals surface area contributed by atoms with Gasteiger partial charge in [0.1, 0.15) is 0 Å². The van der Waals surface area contributed by atoms with Crippen LogP contribution < -0.4 is 0 Å². The van der Waals surface area contributed by atoms with Gasteiger partial charge in [0.25, 0.3) is 0 Å². The Morgan fingerprint density at radius 1 is 0.667 bits per heavy atom. The van der Waals surface area contributed by atoms with E-state index in [2.05, 4.69) is 108 Å². The third kappa shape index (κ3) is 1.85. The highest BCUT2D eigenvalue weighted by molar-refractivity contribution is 6.04. The fraction of sp³-hybridized carbons (Fsp3) is 0.625. The second-order valence-electron chi connectivity index (χ2n) is 13.6. The minimum Gasteiger partial charge on any atom is -0.337 e. The van der Waals surface area contributed by atoms with E-state index in [1.54, 1.807) is 0 Å². The van der Waals surface area contributed by atoms with E-state index in [0.29, 0.717) is 41.4 Å². The van der Waals surface area contributed by atoms with Gasteiger partial charge in [0.05, 0.1) is 10.8 Å². The summed E-state index contributed by atoms with van der Waals surface area (Å²) in [4.78, 5) is 33.0. The van der Waals surface area contributed by atoms with Crippen molar-refractivity contribution in [2.45, 2.75) is 85.0 Å². The van der Waals surface area contributed by atoms with Crippen molar-refractivity contribution >= 4 is 22.6 Å². The number of carbonyl (C=O) groups is 2. The van der Waals surface area contributed by atoms with Crippen molar-refractivity contribution in [2.75, 3.05) is 0 Å². The van der Waals surface area contributed by atoms with E-state index < -0.39 is 0 Å². The van der Waals surface area contributed by atoms with Crippen molar-refractivity contribution in [3.05, 3.63) is 48.0 Å². The Kier molecular flexibility index (Phi) is 4.15. The van der Waals surface area contributed by atoms with Crippen LogP contribution in [0.2, 0.25) is 0 Å². The summed E-state index contributed by atoms with van der Waals surface area (Å²) in [6.45, 7) is 17.2. The van der Waals surface area contributed by atoms with Gasteiger partial charge in [-0.15, -0.1) is 0 Å². The summed E-state index contributed by atoms with van der Waals surface area (Å²) >= 11 is 0. The van der Waals surface area contributed by atoms with E-state index >= 15 is 0 Å². The molecule has 4 unspecified atom stereocenters. The lowest BCUT2D eigenvalue weighted by Crippen LogP contribution is -3.18. The number of fused-ring (bicyclic) bond motifs is 1. The lowest BCUT2D eigenvalue weighted by atomic mass is 8.87. The van der Waals surface area contributed by atoms with Gasteiger partial charge in [0, 0.05) is 29.6 Å². The van der Waals surface area contributed by atoms with Crippen LogP contribution in [0, 0.1) is 40.4 Å². The monoisotopic (exact) mass is 484 g/mol. The van der Waals surface area contributed by atoms with Gasteiger partial charge in [-0.2, -0.15) is 0 Å². The first kappa shape index (κ1) is 22.8. The minimum atomic E-state index is -0.285. The van der Waals surface area contributed by atoms with Gasteiger partial charge in [-0.05, 0) is 101 Å². The largest absolute Gasteiger partial charge is 0.337 e. The molecule has 0 radical (unpaired) electrons. The van der Waals surface area contributed by atoms with E-state index in [0.717, 1.165) is 0 Å². The predicted molar refractivity (Wildman–Crippen MR) is 142 cm³/mol. The topological polar surface area (TPSA) is 40.6 Å². The SMILES string of the molecule is CC(C)N(C(=O)C12C3[C@@H]4[C@H]1C1(c5ccc6ccccc6c5)[C@H]2[C@H]3C41C(=O)N(C(C)C)C(C)C)C(C)C. The van der Waals surface area contributed by atoms with Gasteiger partial charge in [-0.1, -0.05) is 42.5 Å². The van der Waals surface area contributed by atoms with Crippen molar-refractivity contribution in [3.63, 3.8) is 0 Å². The first-order chi connectivity index (χ1) is 17.0. The van der Waals surface area contributed by atoms with Crippen LogP contribution >= 0.6 is 0 Å². The average Bonchev–Trinajstić information content (AvgIpc) is 2.81. The molecule has 190 valence electrons. The Morgan fingerprint density at radius 3 is 1.69 bits per heavy atom. The molecule has 6 aliphatic rings. The molecule has 0 bridgehead atoms. The fourth-order valence-corrected chi connectivity index (χ4v) is 11.2. The highest BCUT2D eigenvalue weighted by Gasteiger charge is 3.18. The molecule has 0 aromatic heterocycles. The number of benzene rings is 2. The lowest BCUT2D eigenvalue weighted by molar-refractivity contribution is -0.641. The lowest BCUT2D eigenvalue weighted by Gasteiger charge is -3.14. The molecule has 0 spiro atoms. The zero-order valence-electron chi connectivity index (χ0n) is 22.9. The zero-order valence-corrected chi connectivity index (χ0v) is 22.9. The third-order valence-electron chi connectivity index (χ3n) is 11.4. The Balaban J connectivity index is 1.36. The first-order valence-electron chi connectivity index (χ1n) is 14.2. The maximum absolute atomic E-state index is 14.5. The van der Waals surface area contributed by atoms with Gasteiger partial charge in [-0.3, -0.25) is 9.59 Å². The molecule has 6 fully saturated rings. The zero-order chi connectivity index (χ0) is 25.7. The van der Waals surface area contributed by atoms with Crippen molar-refractivity contribution in [3.8, 4) is 0 Å². The number of amides is 2. The van der Waals surface area contributed by atoms with Crippen LogP contribution in [0.25, 0.3) is 10.8 Å². The highest BCUT2D eigenvalue weighted by Crippen LogP contribution is 3.14. The number of carbonyl (C=O) groups excluding carboxylic acids is 2. The summed E-state index contributed by atoms with van der Waals surface area (Å²) in [5.41, 5.74) is 0.659. The van der Waals surface area contributed by atoms with E-state index in [9.17, 15) is 9.59 Å². The van der Waals surface area contributed by atoms with Crippen molar-refractivity contribution in [1.82, 2.24) is 9.80 Å². The molecular formula is C32H40N2O2. The Hall–Kier alpha value is -2.36. The van der Waals surface area contributed by atoms with Crippen molar-refractivity contribution in [1.29, 1.82) is 0 Å². The third-order valence-corrected chi connectivity index (χ3v) is 11.4. The van der Waals surface area contributed by atoms with Crippen LogP contribution in [-0.2, 0) is 15.0 Å². The molecule has 0 heterocycles. The van der Waals surface area contributed by atoms with Gasteiger partial charge in [0.15, 0.2) is 0 Å². The summed E-state index contributed by atoms with van der Waals surface area (Å²) in [5, 5.41) is 2.48. The van der Waals surface area contributed by atoms with Crippen LogP contribution in [-0.4, -0.2) is 45.8 Å². The Morgan fingerprint density at radius 2 is 1.17 bits per heavy atom. The van der Waals surface area contributed by atoms with Crippen LogP contribution in [0.3, 0.4) is 0 Å². The van der Waals surface area contributed by atoms with Crippen LogP contribution in [0.5, 0.6) is 0 Å². The molecule has 6 aliphatic carbocycles. The molecule has 8 atom stereocenters. The summed E-state index contributed by atoms with van der Waals surface area (Å²) in [6, 6.07) is 16.1. The quantitative estimate of drug-likeness (QED) is 0.521. The number of hydrogen-bond acceptors (Lipinski definition) is 2. The number of rotatable bonds is 7. The molecule has 8 rings (SSSR count). The molecule has 4 nitrogen and oxygen atoms in total. The number of nitrogens with zero attached hydrogens (tertiary/aromatic N) is 2. The molecule has 0 aliphatic heterocycles. The van der Waals surface area contributed by atoms with Gasteiger partial charge >= 0.3 is 0 Å². The summed E-state index contributed by atoms with van der Waals surface area (Å²) in [5.74, 6) is 2.58. The normalized spacial score (nSPS) is 39.8. The Labute approximate surface area is 215 Å². The highest BCUT2D eigenvalue weighted by atomic mass is 16.2. The summed E-state index contributed by atoms with van der Waals surface area (Å²) in [6.07, 6.45) is 0. The van der Waals surface area contributed by atoms with Crippen LogP contribution in [0.15, 0.2) is 42.5 Å². The fourth-order valence-electron chi connectivity index (χ4n) is 11.2. The van der Waals surface area contributed by atoms with E-state index in [4.69, 9.17) is 0 Å². The van der Waals surface area contributed by atoms with Crippen LogP contribution in [0.4, 0.5) is 0 Å². The second kappa shape index (κ2) is 6.55. The molecule has 0 N–H and O–H groups in total. The van der Waals surface area contributed by atoms with E-state index in [-0.39, 0.29) is 40.4 Å². The summed E-state index contributed by atoms with van der Waals surface area (Å²) in [7, 11) is 0. The van der Waals surface area contributed by atoms with E-state index in [1.807, 2.05) is 0 Å². The average molecular weight is 485 g/mol. The molecular weight excluding hydrogens is 444 g/mol. The van der Waals surface area contributed by atoms with E-state index in [1.165, 1.54) is 16.3 Å². The van der Waals surface area contributed by atoms with Crippen molar-refractivity contribution < 1.29 is 9.59 Å². The summed E-state index contributed by atoms with van der Waals surface area (Å²) < 4.78 is 0. The smallest absolute Gasteiger partial charge is 0.230 e. The minimum absolute atomic E-state index is 0.157. The molecule has 2 aromatic carbocycles. The molecule has 4 heteroatoms. The van der Waals surface area contributed by atoms with Gasteiger partial charge in [0.2, 0.25) is 11.8 Å². The standard InChI is InChI=1S/C32H40N2O2/c1-16(2)33(17(3)4)28(35)30-23-24-26(30)31(22-14-13-20-11-9-10-12-21(20)15-22)27(30)25(23)32(24,31)29(36)34(18(5)6)19(7)8/h9-19,23-27H,1-8H3/t23?,24-,25+,26-,27+,30?,31?,32?. The molecule has 0 saturated heterocycles. The van der Waals surface area contributed by atoms with Crippen molar-refractivity contribution in [2.24, 2.45) is 40.4 Å². The Bertz CT molecular complexity index is 1290. The first-order valence-corrected chi connectivity index (χ1v) is 14.2. The second-order valence-corrected chi connectivity index (χ2v) is 13.6. The van der Waals surface area contributed by atoms with Crippen LogP contribution in [0.1, 0.15) is 61.0 Å². The molecule has 36 heavy (non-hydrogen) atoms. The predicted octanol–water partition coefficient (Wildman–Crippen LogP) is 5.49. The molecule has 2 amide bonds.